The Kier molecular flexibility index (Phi) is 7.10. The van der Waals surface area contributed by atoms with Crippen LogP contribution in [-0.4, -0.2) is 37.0 Å². The lowest BCUT2D eigenvalue weighted by molar-refractivity contribution is -0.689. The summed E-state index contributed by atoms with van der Waals surface area (Å²) in [5.74, 6) is 3.00. The minimum Gasteiger partial charge on any atom is -0.396 e. The molecule has 1 aromatic heterocycles. The molecule has 0 aromatic carbocycles. The first-order valence-corrected chi connectivity index (χ1v) is 16.9. The number of nitrogens with zero attached hydrogens (tertiary/aromatic N) is 2. The van der Waals surface area contributed by atoms with Crippen molar-refractivity contribution in [1.29, 1.82) is 0 Å². The van der Waals surface area contributed by atoms with Gasteiger partial charge in [-0.15, -0.1) is 0 Å². The molecular weight excluding hydrogens is 504 g/mol. The minimum atomic E-state index is -0.168. The SMILES string of the molecule is C=C(C[n+]1ccc(N(C)C)cc1)[C@@H]1CC[C@]2(CO)CC[C@]3(C)[C@H](CCC4[C@@]5(C)CCC(O)C(C)(C)[C@@H]5CC[C@]43C)[C@@H]12. The van der Waals surface area contributed by atoms with E-state index < -0.39 is 0 Å². The number of anilines is 1. The summed E-state index contributed by atoms with van der Waals surface area (Å²) in [5.41, 5.74) is 3.56. The number of aliphatic hydroxyl groups excluding tert-OH is 2. The van der Waals surface area contributed by atoms with Crippen molar-refractivity contribution in [3.05, 3.63) is 36.7 Å². The monoisotopic (exact) mass is 563 g/mol. The van der Waals surface area contributed by atoms with E-state index in [9.17, 15) is 10.2 Å². The van der Waals surface area contributed by atoms with Crippen molar-refractivity contribution in [3.63, 3.8) is 0 Å². The number of fused-ring (bicyclic) bond motifs is 7. The van der Waals surface area contributed by atoms with Crippen molar-refractivity contribution < 1.29 is 14.8 Å². The van der Waals surface area contributed by atoms with Gasteiger partial charge in [0.25, 0.3) is 0 Å². The molecule has 10 atom stereocenters. The van der Waals surface area contributed by atoms with Gasteiger partial charge in [-0.25, -0.2) is 4.57 Å². The van der Waals surface area contributed by atoms with Crippen LogP contribution in [0.4, 0.5) is 5.69 Å². The van der Waals surface area contributed by atoms with Crippen LogP contribution in [0.5, 0.6) is 0 Å². The van der Waals surface area contributed by atoms with E-state index in [0.717, 1.165) is 25.3 Å². The highest BCUT2D eigenvalue weighted by molar-refractivity contribution is 5.41. The summed E-state index contributed by atoms with van der Waals surface area (Å²) in [6.45, 7) is 18.7. The van der Waals surface area contributed by atoms with Crippen molar-refractivity contribution in [2.45, 2.75) is 111 Å². The van der Waals surface area contributed by atoms with Crippen LogP contribution in [0.3, 0.4) is 0 Å². The molecular formula is C37H59N2O2+. The predicted molar refractivity (Wildman–Crippen MR) is 167 cm³/mol. The predicted octanol–water partition coefficient (Wildman–Crippen LogP) is 7.03. The summed E-state index contributed by atoms with van der Waals surface area (Å²) in [7, 11) is 4.18. The minimum absolute atomic E-state index is 0.00138. The Balaban J connectivity index is 1.31. The molecule has 5 fully saturated rings. The fourth-order valence-corrected chi connectivity index (χ4v) is 12.7. The average Bonchev–Trinajstić information content (AvgIpc) is 3.32. The maximum absolute atomic E-state index is 11.0. The maximum Gasteiger partial charge on any atom is 0.171 e. The van der Waals surface area contributed by atoms with Crippen LogP contribution in [0.1, 0.15) is 98.8 Å². The quantitative estimate of drug-likeness (QED) is 0.299. The van der Waals surface area contributed by atoms with Crippen LogP contribution in [0.25, 0.3) is 0 Å². The molecule has 1 aromatic rings. The molecule has 0 spiro atoms. The van der Waals surface area contributed by atoms with Crippen molar-refractivity contribution in [3.8, 4) is 0 Å². The van der Waals surface area contributed by atoms with Gasteiger partial charge in [0.2, 0.25) is 0 Å². The third-order valence-electron chi connectivity index (χ3n) is 15.2. The second-order valence-electron chi connectivity index (χ2n) is 17.0. The fourth-order valence-electron chi connectivity index (χ4n) is 12.7. The average molecular weight is 564 g/mol. The highest BCUT2D eigenvalue weighted by Crippen LogP contribution is 2.77. The molecule has 1 heterocycles. The van der Waals surface area contributed by atoms with E-state index in [-0.39, 0.29) is 22.3 Å². The third-order valence-corrected chi connectivity index (χ3v) is 15.2. The lowest BCUT2D eigenvalue weighted by atomic mass is 9.32. The van der Waals surface area contributed by atoms with Gasteiger partial charge in [0.1, 0.15) is 0 Å². The summed E-state index contributed by atoms with van der Waals surface area (Å²) < 4.78 is 2.30. The van der Waals surface area contributed by atoms with Crippen LogP contribution in [-0.2, 0) is 6.54 Å². The number of aliphatic hydroxyl groups is 2. The summed E-state index contributed by atoms with van der Waals surface area (Å²) in [4.78, 5) is 2.15. The topological polar surface area (TPSA) is 47.6 Å². The number of allylic oxidation sites excluding steroid dienone is 1. The smallest absolute Gasteiger partial charge is 0.171 e. The zero-order valence-electron chi connectivity index (χ0n) is 27.3. The molecule has 41 heavy (non-hydrogen) atoms. The second kappa shape index (κ2) is 9.81. The van der Waals surface area contributed by atoms with E-state index in [1.165, 1.54) is 62.6 Å². The van der Waals surface area contributed by atoms with E-state index in [4.69, 9.17) is 6.58 Å². The van der Waals surface area contributed by atoms with E-state index in [1.54, 1.807) is 0 Å². The molecule has 4 nitrogen and oxygen atoms in total. The molecule has 0 bridgehead atoms. The number of aromatic nitrogens is 1. The molecule has 228 valence electrons. The van der Waals surface area contributed by atoms with Crippen LogP contribution in [0, 0.1) is 56.7 Å². The van der Waals surface area contributed by atoms with Crippen molar-refractivity contribution in [2.75, 3.05) is 25.6 Å². The largest absolute Gasteiger partial charge is 0.396 e. The lowest BCUT2D eigenvalue weighted by Crippen LogP contribution is -2.66. The Morgan fingerprint density at radius 3 is 2.24 bits per heavy atom. The molecule has 6 rings (SSSR count). The second-order valence-corrected chi connectivity index (χ2v) is 17.0. The molecule has 2 unspecified atom stereocenters. The molecule has 5 saturated carbocycles. The molecule has 4 heteroatoms. The van der Waals surface area contributed by atoms with Crippen molar-refractivity contribution >= 4 is 5.69 Å². The van der Waals surface area contributed by atoms with Crippen molar-refractivity contribution in [1.82, 2.24) is 0 Å². The zero-order chi connectivity index (χ0) is 29.6. The highest BCUT2D eigenvalue weighted by atomic mass is 16.3. The van der Waals surface area contributed by atoms with Gasteiger partial charge in [-0.1, -0.05) is 41.2 Å². The first kappa shape index (κ1) is 29.7. The normalized spacial score (nSPS) is 46.6. The molecule has 5 aliphatic carbocycles. The standard InChI is InChI=1S/C37H59N2O2/c1-25(23-39-21-14-26(15-22-39)38(7)8)27-11-18-37(24-40)20-19-35(5)28(32(27)37)9-10-30-34(4)16-13-31(41)33(2,3)29(34)12-17-36(30,35)6/h14-15,21-22,27-32,40-41H,1,9-13,16-20,23-24H2,2-8H3/q+1/t27-,28+,29-,30?,31?,32+,34-,35+,36+,37+/m0/s1. The van der Waals surface area contributed by atoms with Gasteiger partial charge in [0, 0.05) is 38.5 Å². The number of rotatable bonds is 5. The first-order valence-electron chi connectivity index (χ1n) is 16.9. The Morgan fingerprint density at radius 1 is 0.878 bits per heavy atom. The Hall–Kier alpha value is -1.39. The van der Waals surface area contributed by atoms with Gasteiger partial charge in [0.05, 0.1) is 6.10 Å². The van der Waals surface area contributed by atoms with Gasteiger partial charge < -0.3 is 15.1 Å². The first-order chi connectivity index (χ1) is 19.2. The lowest BCUT2D eigenvalue weighted by Gasteiger charge is -2.73. The van der Waals surface area contributed by atoms with E-state index in [0.29, 0.717) is 41.1 Å². The molecule has 0 saturated heterocycles. The van der Waals surface area contributed by atoms with Gasteiger partial charge in [-0.05, 0) is 126 Å². The van der Waals surface area contributed by atoms with Gasteiger partial charge in [0.15, 0.2) is 18.9 Å². The summed E-state index contributed by atoms with van der Waals surface area (Å²) in [5, 5.41) is 22.0. The molecule has 5 aliphatic rings. The summed E-state index contributed by atoms with van der Waals surface area (Å²) in [6, 6.07) is 4.39. The molecule has 0 amide bonds. The van der Waals surface area contributed by atoms with Crippen LogP contribution < -0.4 is 9.47 Å². The molecule has 2 N–H and O–H groups in total. The molecule has 0 aliphatic heterocycles. The number of pyridine rings is 1. The van der Waals surface area contributed by atoms with Gasteiger partial charge in [-0.2, -0.15) is 0 Å². The highest BCUT2D eigenvalue weighted by Gasteiger charge is 2.70. The maximum atomic E-state index is 11.0. The Morgan fingerprint density at radius 2 is 1.59 bits per heavy atom. The van der Waals surface area contributed by atoms with Gasteiger partial charge >= 0.3 is 0 Å². The van der Waals surface area contributed by atoms with E-state index in [1.807, 2.05) is 0 Å². The Labute approximate surface area is 250 Å². The third kappa shape index (κ3) is 4.08. The van der Waals surface area contributed by atoms with Gasteiger partial charge in [-0.3, -0.25) is 0 Å². The number of hydrogen-bond acceptors (Lipinski definition) is 3. The van der Waals surface area contributed by atoms with Crippen LogP contribution in [0.2, 0.25) is 0 Å². The summed E-state index contributed by atoms with van der Waals surface area (Å²) >= 11 is 0. The molecule has 0 radical (unpaired) electrons. The van der Waals surface area contributed by atoms with Crippen molar-refractivity contribution in [2.24, 2.45) is 56.7 Å². The Bertz CT molecular complexity index is 1160. The summed E-state index contributed by atoms with van der Waals surface area (Å²) in [6.07, 6.45) is 16.3. The van der Waals surface area contributed by atoms with Crippen LogP contribution in [0.15, 0.2) is 36.7 Å². The zero-order valence-corrected chi connectivity index (χ0v) is 27.3. The van der Waals surface area contributed by atoms with E-state index >= 15 is 0 Å². The van der Waals surface area contributed by atoms with E-state index in [2.05, 4.69) is 82.7 Å². The fraction of sp³-hybridized carbons (Fsp3) is 0.811. The van der Waals surface area contributed by atoms with Crippen LogP contribution >= 0.6 is 0 Å². The number of hydrogen-bond donors (Lipinski definition) is 2.